The van der Waals surface area contributed by atoms with E-state index in [0.29, 0.717) is 17.0 Å². The third-order valence-electron chi connectivity index (χ3n) is 3.55. The number of hydrogen-bond donors (Lipinski definition) is 1. The molecule has 1 aromatic carbocycles. The first-order valence-corrected chi connectivity index (χ1v) is 6.41. The number of rotatable bonds is 2. The van der Waals surface area contributed by atoms with Gasteiger partial charge < -0.3 is 10.3 Å². The quantitative estimate of drug-likeness (QED) is 0.778. The lowest BCUT2D eigenvalue weighted by Gasteiger charge is -2.16. The lowest BCUT2D eigenvalue weighted by molar-refractivity contribution is 0.619. The lowest BCUT2D eigenvalue weighted by atomic mass is 10.1. The highest BCUT2D eigenvalue weighted by atomic mass is 19.1. The van der Waals surface area contributed by atoms with Crippen LogP contribution >= 0.6 is 0 Å². The normalized spacial score (nSPS) is 12.8. The second-order valence-corrected chi connectivity index (χ2v) is 4.89. The topological polar surface area (TPSA) is 56.7 Å². The Morgan fingerprint density at radius 3 is 2.85 bits per heavy atom. The molecule has 0 saturated carbocycles. The minimum Gasteiger partial charge on any atom is -0.369 e. The third kappa shape index (κ3) is 1.91. The molecule has 2 N–H and O–H groups in total. The van der Waals surface area contributed by atoms with Gasteiger partial charge in [-0.05, 0) is 37.1 Å². The van der Waals surface area contributed by atoms with Crippen molar-refractivity contribution in [3.8, 4) is 0 Å². The minimum absolute atomic E-state index is 0.0152. The number of aromatic nitrogens is 3. The third-order valence-corrected chi connectivity index (χ3v) is 3.55. The Bertz CT molecular complexity index is 764. The van der Waals surface area contributed by atoms with Crippen LogP contribution in [0.2, 0.25) is 0 Å². The number of halogens is 1. The van der Waals surface area contributed by atoms with Crippen LogP contribution in [-0.4, -0.2) is 14.5 Å². The number of hydrogen-bond acceptors (Lipinski definition) is 3. The summed E-state index contributed by atoms with van der Waals surface area (Å²) in [5, 5.41) is 0. The van der Waals surface area contributed by atoms with E-state index < -0.39 is 0 Å². The summed E-state index contributed by atoms with van der Waals surface area (Å²) >= 11 is 0. The van der Waals surface area contributed by atoms with Crippen molar-refractivity contribution in [1.82, 2.24) is 14.5 Å². The van der Waals surface area contributed by atoms with E-state index in [4.69, 9.17) is 5.73 Å². The molecule has 102 valence electrons. The Morgan fingerprint density at radius 1 is 1.35 bits per heavy atom. The number of anilines is 1. The Kier molecular flexibility index (Phi) is 2.89. The first kappa shape index (κ1) is 12.6. The summed E-state index contributed by atoms with van der Waals surface area (Å²) in [6.07, 6.45) is 3.53. The summed E-state index contributed by atoms with van der Waals surface area (Å²) in [5.41, 5.74) is 9.01. The van der Waals surface area contributed by atoms with Gasteiger partial charge >= 0.3 is 0 Å². The zero-order valence-corrected chi connectivity index (χ0v) is 11.3. The van der Waals surface area contributed by atoms with Gasteiger partial charge in [-0.2, -0.15) is 0 Å². The minimum atomic E-state index is -0.267. The first-order chi connectivity index (χ1) is 9.58. The van der Waals surface area contributed by atoms with Crippen molar-refractivity contribution in [2.75, 3.05) is 5.73 Å². The molecule has 0 saturated heterocycles. The Labute approximate surface area is 116 Å². The van der Waals surface area contributed by atoms with Crippen LogP contribution in [0.1, 0.15) is 24.1 Å². The average molecular weight is 270 g/mol. The smallest absolute Gasteiger partial charge is 0.201 e. The molecule has 1 unspecified atom stereocenters. The van der Waals surface area contributed by atoms with Crippen LogP contribution in [0.25, 0.3) is 11.0 Å². The highest BCUT2D eigenvalue weighted by molar-refractivity contribution is 5.79. The standard InChI is InChI=1S/C15H15FN4/c1-9-6-14-13(7-12(9)16)19-15(17)20(14)10(2)11-4-3-5-18-8-11/h3-8,10H,1-2H3,(H2,17,19). The van der Waals surface area contributed by atoms with E-state index >= 15 is 0 Å². The predicted octanol–water partition coefficient (Wildman–Crippen LogP) is 3.07. The van der Waals surface area contributed by atoms with E-state index in [1.807, 2.05) is 23.6 Å². The molecule has 0 aliphatic heterocycles. The maximum atomic E-state index is 13.6. The molecule has 2 heterocycles. The van der Waals surface area contributed by atoms with Gasteiger partial charge in [-0.25, -0.2) is 9.37 Å². The van der Waals surface area contributed by atoms with E-state index in [1.54, 1.807) is 25.4 Å². The number of nitrogens with zero attached hydrogens (tertiary/aromatic N) is 3. The van der Waals surface area contributed by atoms with Crippen molar-refractivity contribution in [2.24, 2.45) is 0 Å². The molecule has 0 bridgehead atoms. The van der Waals surface area contributed by atoms with Crippen molar-refractivity contribution in [3.05, 3.63) is 53.6 Å². The molecule has 3 rings (SSSR count). The summed E-state index contributed by atoms with van der Waals surface area (Å²) in [5.74, 6) is 0.109. The van der Waals surface area contributed by atoms with Crippen LogP contribution in [0.5, 0.6) is 0 Å². The Balaban J connectivity index is 2.21. The van der Waals surface area contributed by atoms with Crippen LogP contribution in [-0.2, 0) is 0 Å². The zero-order valence-electron chi connectivity index (χ0n) is 11.3. The van der Waals surface area contributed by atoms with Crippen molar-refractivity contribution >= 4 is 17.0 Å². The SMILES string of the molecule is Cc1cc2c(cc1F)nc(N)n2C(C)c1cccnc1. The number of pyridine rings is 1. The Morgan fingerprint density at radius 2 is 2.15 bits per heavy atom. The number of fused-ring (bicyclic) bond motifs is 1. The van der Waals surface area contributed by atoms with Gasteiger partial charge in [0, 0.05) is 18.5 Å². The van der Waals surface area contributed by atoms with Crippen molar-refractivity contribution < 1.29 is 4.39 Å². The molecule has 0 radical (unpaired) electrons. The van der Waals surface area contributed by atoms with Gasteiger partial charge in [-0.3, -0.25) is 4.98 Å². The van der Waals surface area contributed by atoms with Crippen LogP contribution < -0.4 is 5.73 Å². The molecule has 0 aliphatic rings. The highest BCUT2D eigenvalue weighted by Crippen LogP contribution is 2.28. The van der Waals surface area contributed by atoms with Crippen LogP contribution in [0.4, 0.5) is 10.3 Å². The average Bonchev–Trinajstić information content (AvgIpc) is 2.75. The summed E-state index contributed by atoms with van der Waals surface area (Å²) < 4.78 is 15.5. The fraction of sp³-hybridized carbons (Fsp3) is 0.200. The molecule has 2 aromatic heterocycles. The summed E-state index contributed by atoms with van der Waals surface area (Å²) in [7, 11) is 0. The molecule has 4 nitrogen and oxygen atoms in total. The molecule has 1 atom stereocenters. The van der Waals surface area contributed by atoms with Crippen LogP contribution in [0.3, 0.4) is 0 Å². The van der Waals surface area contributed by atoms with E-state index in [2.05, 4.69) is 9.97 Å². The van der Waals surface area contributed by atoms with E-state index in [-0.39, 0.29) is 11.9 Å². The molecule has 0 amide bonds. The van der Waals surface area contributed by atoms with E-state index in [0.717, 1.165) is 11.1 Å². The predicted molar refractivity (Wildman–Crippen MR) is 76.9 cm³/mol. The lowest BCUT2D eigenvalue weighted by Crippen LogP contribution is -2.10. The summed E-state index contributed by atoms with van der Waals surface area (Å²) in [4.78, 5) is 8.36. The van der Waals surface area contributed by atoms with Gasteiger partial charge in [0.1, 0.15) is 5.82 Å². The highest BCUT2D eigenvalue weighted by Gasteiger charge is 2.17. The molecule has 5 heteroatoms. The van der Waals surface area contributed by atoms with E-state index in [1.165, 1.54) is 6.07 Å². The number of nitrogens with two attached hydrogens (primary N) is 1. The fourth-order valence-corrected chi connectivity index (χ4v) is 2.42. The first-order valence-electron chi connectivity index (χ1n) is 6.41. The van der Waals surface area contributed by atoms with Crippen molar-refractivity contribution in [1.29, 1.82) is 0 Å². The van der Waals surface area contributed by atoms with Gasteiger partial charge in [0.05, 0.1) is 17.1 Å². The van der Waals surface area contributed by atoms with Gasteiger partial charge in [0.25, 0.3) is 0 Å². The number of aryl methyl sites for hydroxylation is 1. The maximum Gasteiger partial charge on any atom is 0.201 e. The van der Waals surface area contributed by atoms with Crippen molar-refractivity contribution in [3.63, 3.8) is 0 Å². The van der Waals surface area contributed by atoms with E-state index in [9.17, 15) is 4.39 Å². The molecular formula is C15H15FN4. The largest absolute Gasteiger partial charge is 0.369 e. The molecular weight excluding hydrogens is 255 g/mol. The number of benzene rings is 1. The second-order valence-electron chi connectivity index (χ2n) is 4.89. The van der Waals surface area contributed by atoms with Gasteiger partial charge in [-0.15, -0.1) is 0 Å². The van der Waals surface area contributed by atoms with Gasteiger partial charge in [0.15, 0.2) is 0 Å². The summed E-state index contributed by atoms with van der Waals surface area (Å²) in [6.45, 7) is 3.75. The van der Waals surface area contributed by atoms with Crippen LogP contribution in [0, 0.1) is 12.7 Å². The fourth-order valence-electron chi connectivity index (χ4n) is 2.42. The molecule has 0 fully saturated rings. The number of nitrogen functional groups attached to an aromatic ring is 1. The van der Waals surface area contributed by atoms with Gasteiger partial charge in [-0.1, -0.05) is 6.07 Å². The monoisotopic (exact) mass is 270 g/mol. The van der Waals surface area contributed by atoms with Gasteiger partial charge in [0.2, 0.25) is 5.95 Å². The second kappa shape index (κ2) is 4.59. The summed E-state index contributed by atoms with van der Waals surface area (Å²) in [6, 6.07) is 7.05. The molecule has 3 aromatic rings. The molecule has 0 aliphatic carbocycles. The van der Waals surface area contributed by atoms with Crippen LogP contribution in [0.15, 0.2) is 36.7 Å². The number of imidazole rings is 1. The maximum absolute atomic E-state index is 13.6. The molecule has 0 spiro atoms. The zero-order chi connectivity index (χ0) is 14.3. The molecule has 20 heavy (non-hydrogen) atoms. The Hall–Kier alpha value is -2.43. The van der Waals surface area contributed by atoms with Crippen molar-refractivity contribution in [2.45, 2.75) is 19.9 Å².